The largest absolute Gasteiger partial charge is 0.383 e. The van der Waals surface area contributed by atoms with Crippen LogP contribution in [0.15, 0.2) is 0 Å². The van der Waals surface area contributed by atoms with Crippen molar-refractivity contribution in [3.63, 3.8) is 0 Å². The lowest BCUT2D eigenvalue weighted by atomic mass is 9.97. The van der Waals surface area contributed by atoms with Crippen molar-refractivity contribution < 1.29 is 14.3 Å². The van der Waals surface area contributed by atoms with Crippen LogP contribution >= 0.6 is 0 Å². The van der Waals surface area contributed by atoms with Crippen LogP contribution in [0.1, 0.15) is 26.7 Å². The maximum absolute atomic E-state index is 12.8. The molecular weight excluding hydrogens is 308 g/mol. The number of likely N-dealkylation sites (tertiary alicyclic amines) is 1. The Morgan fingerprint density at radius 1 is 1.25 bits per heavy atom. The third-order valence-corrected chi connectivity index (χ3v) is 5.42. The van der Waals surface area contributed by atoms with E-state index in [0.717, 1.165) is 52.2 Å². The minimum atomic E-state index is -0.291. The summed E-state index contributed by atoms with van der Waals surface area (Å²) >= 11 is 0. The number of carbonyl (C=O) groups is 2. The van der Waals surface area contributed by atoms with Crippen LogP contribution in [0.3, 0.4) is 0 Å². The van der Waals surface area contributed by atoms with Gasteiger partial charge in [0.25, 0.3) is 0 Å². The molecule has 138 valence electrons. The molecule has 0 spiro atoms. The van der Waals surface area contributed by atoms with E-state index in [1.54, 1.807) is 7.11 Å². The van der Waals surface area contributed by atoms with Gasteiger partial charge in [-0.15, -0.1) is 0 Å². The van der Waals surface area contributed by atoms with Gasteiger partial charge < -0.3 is 15.4 Å². The van der Waals surface area contributed by atoms with Gasteiger partial charge >= 0.3 is 0 Å². The van der Waals surface area contributed by atoms with E-state index >= 15 is 0 Å². The molecule has 2 aliphatic rings. The van der Waals surface area contributed by atoms with E-state index in [0.29, 0.717) is 12.6 Å². The molecule has 7 heteroatoms. The summed E-state index contributed by atoms with van der Waals surface area (Å²) in [5, 5.41) is 0. The van der Waals surface area contributed by atoms with Crippen molar-refractivity contribution in [2.45, 2.75) is 38.8 Å². The van der Waals surface area contributed by atoms with Gasteiger partial charge in [-0.2, -0.15) is 0 Å². The van der Waals surface area contributed by atoms with Crippen molar-refractivity contribution in [2.75, 3.05) is 53.0 Å². The Balaban J connectivity index is 1.88. The molecule has 0 radical (unpaired) electrons. The van der Waals surface area contributed by atoms with Crippen LogP contribution in [0.25, 0.3) is 0 Å². The zero-order valence-electron chi connectivity index (χ0n) is 15.2. The van der Waals surface area contributed by atoms with Gasteiger partial charge in [0.15, 0.2) is 0 Å². The number of carbonyl (C=O) groups excluding carboxylic acids is 2. The van der Waals surface area contributed by atoms with Crippen LogP contribution in [-0.2, 0) is 14.3 Å². The van der Waals surface area contributed by atoms with Crippen LogP contribution in [0.5, 0.6) is 0 Å². The van der Waals surface area contributed by atoms with Crippen molar-refractivity contribution in [1.29, 1.82) is 0 Å². The molecule has 2 N–H and O–H groups in total. The topological polar surface area (TPSA) is 79.1 Å². The number of piperidine rings is 1. The Morgan fingerprint density at radius 3 is 2.62 bits per heavy atom. The first-order valence-electron chi connectivity index (χ1n) is 8.99. The van der Waals surface area contributed by atoms with Crippen molar-refractivity contribution in [3.8, 4) is 0 Å². The van der Waals surface area contributed by atoms with Gasteiger partial charge in [-0.3, -0.25) is 19.4 Å². The van der Waals surface area contributed by atoms with Crippen molar-refractivity contribution in [2.24, 2.45) is 11.7 Å². The molecule has 0 aliphatic carbocycles. The highest BCUT2D eigenvalue weighted by molar-refractivity contribution is 5.83. The predicted octanol–water partition coefficient (Wildman–Crippen LogP) is -0.249. The number of methoxy groups -OCH3 is 1. The van der Waals surface area contributed by atoms with E-state index in [1.165, 1.54) is 0 Å². The van der Waals surface area contributed by atoms with Gasteiger partial charge in [-0.05, 0) is 26.7 Å². The molecule has 2 rings (SSSR count). The Morgan fingerprint density at radius 2 is 2.00 bits per heavy atom. The highest BCUT2D eigenvalue weighted by atomic mass is 16.5. The van der Waals surface area contributed by atoms with Crippen LogP contribution in [0.4, 0.5) is 0 Å². The average Bonchev–Trinajstić information content (AvgIpc) is 2.59. The number of rotatable bonds is 6. The maximum atomic E-state index is 12.8. The van der Waals surface area contributed by atoms with E-state index in [9.17, 15) is 9.59 Å². The molecule has 7 nitrogen and oxygen atoms in total. The quantitative estimate of drug-likeness (QED) is 0.721. The minimum Gasteiger partial charge on any atom is -0.383 e. The Kier molecular flexibility index (Phi) is 7.01. The summed E-state index contributed by atoms with van der Waals surface area (Å²) in [6.45, 7) is 9.76. The molecule has 2 aliphatic heterocycles. The molecule has 0 aromatic carbocycles. The molecule has 0 bridgehead atoms. The summed E-state index contributed by atoms with van der Waals surface area (Å²) in [7, 11) is 1.72. The standard InChI is InChI=1S/C17H32N4O3/c1-13-11-20(8-7-19(13)9-10-24-3)14(2)17(23)21-6-4-5-15(12-21)16(18)22/h13-15H,4-12H2,1-3H3,(H2,18,22)/t13-,14+,15+/m0/s1. The number of primary amides is 1. The van der Waals surface area contributed by atoms with Gasteiger partial charge in [0.05, 0.1) is 18.6 Å². The first kappa shape index (κ1) is 19.1. The smallest absolute Gasteiger partial charge is 0.239 e. The lowest BCUT2D eigenvalue weighted by Crippen LogP contribution is -2.59. The van der Waals surface area contributed by atoms with Gasteiger partial charge in [0, 0.05) is 52.4 Å². The summed E-state index contributed by atoms with van der Waals surface area (Å²) < 4.78 is 5.16. The summed E-state index contributed by atoms with van der Waals surface area (Å²) in [4.78, 5) is 30.7. The van der Waals surface area contributed by atoms with Crippen molar-refractivity contribution in [1.82, 2.24) is 14.7 Å². The number of nitrogens with two attached hydrogens (primary N) is 1. The number of nitrogens with zero attached hydrogens (tertiary/aromatic N) is 3. The normalized spacial score (nSPS) is 27.9. The number of piperazine rings is 1. The molecule has 0 aromatic rings. The van der Waals surface area contributed by atoms with Gasteiger partial charge in [0.1, 0.15) is 0 Å². The summed E-state index contributed by atoms with van der Waals surface area (Å²) in [5.41, 5.74) is 5.42. The van der Waals surface area contributed by atoms with E-state index in [1.807, 2.05) is 11.8 Å². The summed E-state index contributed by atoms with van der Waals surface area (Å²) in [5.74, 6) is -0.362. The maximum Gasteiger partial charge on any atom is 0.239 e. The molecule has 0 aromatic heterocycles. The molecule has 2 fully saturated rings. The highest BCUT2D eigenvalue weighted by Crippen LogP contribution is 2.19. The molecule has 0 unspecified atom stereocenters. The fraction of sp³-hybridized carbons (Fsp3) is 0.882. The number of ether oxygens (including phenoxy) is 1. The second kappa shape index (κ2) is 8.78. The average molecular weight is 340 g/mol. The van der Waals surface area contributed by atoms with Crippen LogP contribution in [-0.4, -0.2) is 91.6 Å². The molecule has 2 heterocycles. The monoisotopic (exact) mass is 340 g/mol. The third-order valence-electron chi connectivity index (χ3n) is 5.42. The Bertz CT molecular complexity index is 446. The molecular formula is C17H32N4O3. The number of amides is 2. The van der Waals surface area contributed by atoms with E-state index in [4.69, 9.17) is 10.5 Å². The SMILES string of the molecule is COCCN1CCN([C@H](C)C(=O)N2CCC[C@@H](C(N)=O)C2)C[C@@H]1C. The molecule has 2 amide bonds. The molecule has 2 saturated heterocycles. The minimum absolute atomic E-state index is 0.124. The number of hydrogen-bond acceptors (Lipinski definition) is 5. The molecule has 24 heavy (non-hydrogen) atoms. The third kappa shape index (κ3) is 4.68. The fourth-order valence-corrected chi connectivity index (χ4v) is 3.75. The Labute approximate surface area is 145 Å². The zero-order chi connectivity index (χ0) is 17.7. The van der Waals surface area contributed by atoms with Gasteiger partial charge in [-0.25, -0.2) is 0 Å². The lowest BCUT2D eigenvalue weighted by molar-refractivity contribution is -0.140. The predicted molar refractivity (Wildman–Crippen MR) is 92.4 cm³/mol. The second-order valence-corrected chi connectivity index (χ2v) is 7.07. The van der Waals surface area contributed by atoms with E-state index in [2.05, 4.69) is 16.7 Å². The summed E-state index contributed by atoms with van der Waals surface area (Å²) in [6.07, 6.45) is 1.65. The molecule has 3 atom stereocenters. The van der Waals surface area contributed by atoms with E-state index in [-0.39, 0.29) is 23.8 Å². The molecule has 0 saturated carbocycles. The summed E-state index contributed by atoms with van der Waals surface area (Å²) in [6, 6.07) is 0.257. The fourth-order valence-electron chi connectivity index (χ4n) is 3.75. The highest BCUT2D eigenvalue weighted by Gasteiger charge is 2.34. The zero-order valence-corrected chi connectivity index (χ0v) is 15.2. The van der Waals surface area contributed by atoms with Gasteiger partial charge in [-0.1, -0.05) is 0 Å². The van der Waals surface area contributed by atoms with Crippen LogP contribution in [0.2, 0.25) is 0 Å². The van der Waals surface area contributed by atoms with Crippen molar-refractivity contribution >= 4 is 11.8 Å². The number of hydrogen-bond donors (Lipinski definition) is 1. The first-order chi connectivity index (χ1) is 11.4. The van der Waals surface area contributed by atoms with Crippen LogP contribution in [0, 0.1) is 5.92 Å². The Hall–Kier alpha value is -1.18. The van der Waals surface area contributed by atoms with Crippen molar-refractivity contribution in [3.05, 3.63) is 0 Å². The lowest BCUT2D eigenvalue weighted by Gasteiger charge is -2.43. The van der Waals surface area contributed by atoms with E-state index < -0.39 is 0 Å². The second-order valence-electron chi connectivity index (χ2n) is 7.07. The first-order valence-corrected chi connectivity index (χ1v) is 8.99. The van der Waals surface area contributed by atoms with Crippen LogP contribution < -0.4 is 5.73 Å². The van der Waals surface area contributed by atoms with Gasteiger partial charge in [0.2, 0.25) is 11.8 Å².